The van der Waals surface area contributed by atoms with Crippen LogP contribution in [-0.2, 0) is 9.84 Å². The van der Waals surface area contributed by atoms with Crippen LogP contribution in [0.3, 0.4) is 0 Å². The van der Waals surface area contributed by atoms with Gasteiger partial charge in [0.05, 0.1) is 6.61 Å². The van der Waals surface area contributed by atoms with E-state index in [-0.39, 0.29) is 6.61 Å². The first-order chi connectivity index (χ1) is 5.56. The molecule has 0 rings (SSSR count). The highest BCUT2D eigenvalue weighted by Crippen LogP contribution is 2.17. The van der Waals surface area contributed by atoms with Crippen molar-refractivity contribution >= 4 is 0 Å². The summed E-state index contributed by atoms with van der Waals surface area (Å²) in [7, 11) is 0. The third-order valence-electron chi connectivity index (χ3n) is 1.68. The summed E-state index contributed by atoms with van der Waals surface area (Å²) < 4.78 is 5.37. The Labute approximate surface area is 75.9 Å². The lowest BCUT2D eigenvalue weighted by Crippen LogP contribution is -2.10. The van der Waals surface area contributed by atoms with E-state index < -0.39 is 0 Å². The fraction of sp³-hybridized carbons (Fsp3) is 1.00. The predicted molar refractivity (Wildman–Crippen MR) is 49.7 cm³/mol. The third-order valence-corrected chi connectivity index (χ3v) is 1.68. The van der Waals surface area contributed by atoms with E-state index in [0.29, 0.717) is 5.41 Å². The van der Waals surface area contributed by atoms with Crippen LogP contribution in [0.2, 0.25) is 0 Å². The van der Waals surface area contributed by atoms with Gasteiger partial charge in [-0.1, -0.05) is 20.8 Å². The molecule has 0 heterocycles. The van der Waals surface area contributed by atoms with Crippen LogP contribution >= 0.6 is 0 Å². The van der Waals surface area contributed by atoms with Crippen molar-refractivity contribution in [3.8, 4) is 0 Å². The Morgan fingerprint density at radius 2 is 1.75 bits per heavy atom. The van der Waals surface area contributed by atoms with Crippen LogP contribution in [0.1, 0.15) is 40.0 Å². The van der Waals surface area contributed by atoms with E-state index in [4.69, 9.17) is 4.74 Å². The number of rotatable bonds is 6. The van der Waals surface area contributed by atoms with Crippen LogP contribution in [-0.4, -0.2) is 19.8 Å². The SMILES string of the molecule is CC(C)(C)CCOCCCC[O]. The van der Waals surface area contributed by atoms with Crippen LogP contribution in [0.25, 0.3) is 0 Å². The Kier molecular flexibility index (Phi) is 6.39. The van der Waals surface area contributed by atoms with Crippen molar-refractivity contribution in [2.24, 2.45) is 5.41 Å². The Bertz CT molecular complexity index is 94.5. The second-order valence-electron chi connectivity index (χ2n) is 4.33. The van der Waals surface area contributed by atoms with Gasteiger partial charge in [-0.2, -0.15) is 0 Å². The molecule has 0 saturated heterocycles. The van der Waals surface area contributed by atoms with Gasteiger partial charge in [-0.3, -0.25) is 0 Å². The summed E-state index contributed by atoms with van der Waals surface area (Å²) in [6, 6.07) is 0. The molecule has 12 heavy (non-hydrogen) atoms. The molecule has 0 aromatic rings. The van der Waals surface area contributed by atoms with E-state index in [1.807, 2.05) is 0 Å². The van der Waals surface area contributed by atoms with E-state index in [1.165, 1.54) is 0 Å². The molecule has 0 unspecified atom stereocenters. The zero-order valence-electron chi connectivity index (χ0n) is 8.56. The maximum Gasteiger partial charge on any atom is 0.0823 e. The van der Waals surface area contributed by atoms with Crippen molar-refractivity contribution in [1.29, 1.82) is 0 Å². The fourth-order valence-electron chi connectivity index (χ4n) is 0.787. The minimum atomic E-state index is 0.0304. The van der Waals surface area contributed by atoms with Crippen LogP contribution < -0.4 is 0 Å². The molecule has 0 spiro atoms. The molecule has 1 radical (unpaired) electrons. The molecule has 0 aliphatic heterocycles. The molecular formula is C10H21O2. The van der Waals surface area contributed by atoms with Crippen molar-refractivity contribution in [3.63, 3.8) is 0 Å². The minimum Gasteiger partial charge on any atom is -0.381 e. The Morgan fingerprint density at radius 3 is 2.25 bits per heavy atom. The van der Waals surface area contributed by atoms with Gasteiger partial charge < -0.3 is 4.74 Å². The lowest BCUT2D eigenvalue weighted by molar-refractivity contribution is 0.0968. The molecule has 73 valence electrons. The summed E-state index contributed by atoms with van der Waals surface area (Å²) in [6.07, 6.45) is 2.74. The highest BCUT2D eigenvalue weighted by Gasteiger charge is 2.08. The van der Waals surface area contributed by atoms with Gasteiger partial charge in [0, 0.05) is 13.2 Å². The zero-order chi connectivity index (χ0) is 9.45. The van der Waals surface area contributed by atoms with Crippen molar-refractivity contribution in [3.05, 3.63) is 0 Å². The predicted octanol–water partition coefficient (Wildman–Crippen LogP) is 2.65. The summed E-state index contributed by atoms with van der Waals surface area (Å²) in [5, 5.41) is 10.1. The minimum absolute atomic E-state index is 0.0304. The number of hydrogen-bond donors (Lipinski definition) is 0. The first-order valence-corrected chi connectivity index (χ1v) is 4.72. The van der Waals surface area contributed by atoms with Gasteiger partial charge in [0.1, 0.15) is 0 Å². The van der Waals surface area contributed by atoms with Crippen molar-refractivity contribution in [2.75, 3.05) is 19.8 Å². The van der Waals surface area contributed by atoms with Gasteiger partial charge in [-0.05, 0) is 24.7 Å². The molecule has 2 heteroatoms. The van der Waals surface area contributed by atoms with Crippen molar-refractivity contribution < 1.29 is 9.84 Å². The van der Waals surface area contributed by atoms with Gasteiger partial charge >= 0.3 is 0 Å². The van der Waals surface area contributed by atoms with E-state index in [9.17, 15) is 5.11 Å². The molecule has 0 aliphatic carbocycles. The molecule has 0 aromatic carbocycles. The second kappa shape index (κ2) is 6.44. The number of hydrogen-bond acceptors (Lipinski definition) is 1. The highest BCUT2D eigenvalue weighted by atomic mass is 16.5. The van der Waals surface area contributed by atoms with Crippen LogP contribution in [0.5, 0.6) is 0 Å². The van der Waals surface area contributed by atoms with E-state index >= 15 is 0 Å². The maximum atomic E-state index is 10.1. The molecule has 0 aromatic heterocycles. The highest BCUT2D eigenvalue weighted by molar-refractivity contribution is 4.59. The lowest BCUT2D eigenvalue weighted by atomic mass is 9.93. The van der Waals surface area contributed by atoms with Crippen LogP contribution in [0.15, 0.2) is 0 Å². The topological polar surface area (TPSA) is 29.1 Å². The molecule has 0 saturated carbocycles. The molecule has 0 fully saturated rings. The van der Waals surface area contributed by atoms with Gasteiger partial charge in [0.15, 0.2) is 0 Å². The Hall–Kier alpha value is -0.0800. The van der Waals surface area contributed by atoms with Crippen molar-refractivity contribution in [1.82, 2.24) is 0 Å². The average molecular weight is 173 g/mol. The quantitative estimate of drug-likeness (QED) is 0.568. The first kappa shape index (κ1) is 11.9. The molecule has 0 amide bonds. The van der Waals surface area contributed by atoms with E-state index in [1.54, 1.807) is 0 Å². The fourth-order valence-corrected chi connectivity index (χ4v) is 0.787. The number of unbranched alkanes of at least 4 members (excludes halogenated alkanes) is 1. The Balaban J connectivity index is 3.01. The molecule has 0 atom stereocenters. The first-order valence-electron chi connectivity index (χ1n) is 4.72. The lowest BCUT2D eigenvalue weighted by Gasteiger charge is -2.17. The molecule has 0 N–H and O–H groups in total. The monoisotopic (exact) mass is 173 g/mol. The summed E-state index contributed by atoms with van der Waals surface area (Å²) >= 11 is 0. The van der Waals surface area contributed by atoms with Gasteiger partial charge in [-0.15, -0.1) is 0 Å². The zero-order valence-corrected chi connectivity index (χ0v) is 8.56. The second-order valence-corrected chi connectivity index (χ2v) is 4.33. The van der Waals surface area contributed by atoms with Crippen molar-refractivity contribution in [2.45, 2.75) is 40.0 Å². The summed E-state index contributed by atoms with van der Waals surface area (Å²) in [6.45, 7) is 8.21. The maximum absolute atomic E-state index is 10.1. The molecular weight excluding hydrogens is 152 g/mol. The van der Waals surface area contributed by atoms with Crippen LogP contribution in [0.4, 0.5) is 0 Å². The van der Waals surface area contributed by atoms with E-state index in [0.717, 1.165) is 32.5 Å². The largest absolute Gasteiger partial charge is 0.381 e. The Morgan fingerprint density at radius 1 is 1.08 bits per heavy atom. The summed E-state index contributed by atoms with van der Waals surface area (Å²) in [4.78, 5) is 0. The molecule has 0 bridgehead atoms. The van der Waals surface area contributed by atoms with Crippen LogP contribution in [0, 0.1) is 5.41 Å². The standard InChI is InChI=1S/C10H21O2/c1-10(2,3)6-9-12-8-5-4-7-11/h4-9H2,1-3H3. The van der Waals surface area contributed by atoms with E-state index in [2.05, 4.69) is 20.8 Å². The average Bonchev–Trinajstić information content (AvgIpc) is 1.94. The van der Waals surface area contributed by atoms with Gasteiger partial charge in [-0.25, -0.2) is 5.11 Å². The van der Waals surface area contributed by atoms with Gasteiger partial charge in [0.2, 0.25) is 0 Å². The summed E-state index contributed by atoms with van der Waals surface area (Å²) in [5.74, 6) is 0. The number of ether oxygens (including phenoxy) is 1. The smallest absolute Gasteiger partial charge is 0.0823 e. The summed E-state index contributed by atoms with van der Waals surface area (Å²) in [5.41, 5.74) is 0.360. The molecule has 2 nitrogen and oxygen atoms in total. The molecule has 0 aliphatic rings. The van der Waals surface area contributed by atoms with Gasteiger partial charge in [0.25, 0.3) is 0 Å². The third kappa shape index (κ3) is 9.92. The normalized spacial score (nSPS) is 12.0.